The maximum absolute atomic E-state index is 5.67. The van der Waals surface area contributed by atoms with Crippen molar-refractivity contribution in [3.63, 3.8) is 0 Å². The molecule has 2 aliphatic rings. The molecule has 0 radical (unpaired) electrons. The van der Waals surface area contributed by atoms with Crippen LogP contribution in [0, 0.1) is 0 Å². The van der Waals surface area contributed by atoms with Gasteiger partial charge in [0.15, 0.2) is 11.2 Å². The van der Waals surface area contributed by atoms with Crippen LogP contribution in [0.4, 0.5) is 11.8 Å². The Morgan fingerprint density at radius 2 is 1.88 bits per heavy atom. The van der Waals surface area contributed by atoms with Crippen molar-refractivity contribution < 1.29 is 4.42 Å². The summed E-state index contributed by atoms with van der Waals surface area (Å²) in [5, 5.41) is 0. The third kappa shape index (κ3) is 3.34. The lowest BCUT2D eigenvalue weighted by atomic mass is 10.0. The van der Waals surface area contributed by atoms with E-state index in [9.17, 15) is 0 Å². The van der Waals surface area contributed by atoms with Gasteiger partial charge in [-0.3, -0.25) is 4.90 Å². The van der Waals surface area contributed by atoms with Crippen LogP contribution in [0.2, 0.25) is 0 Å². The number of nitrogen functional groups attached to an aromatic ring is 1. The fraction of sp³-hybridized carbons (Fsp3) is 0.391. The molecule has 9 nitrogen and oxygen atoms in total. The molecule has 1 aromatic carbocycles. The highest BCUT2D eigenvalue weighted by atomic mass is 16.4. The van der Waals surface area contributed by atoms with Gasteiger partial charge in [-0.15, -0.1) is 0 Å². The Labute approximate surface area is 185 Å². The van der Waals surface area contributed by atoms with Crippen molar-refractivity contribution >= 4 is 34.1 Å². The Morgan fingerprint density at radius 3 is 2.72 bits per heavy atom. The van der Waals surface area contributed by atoms with Gasteiger partial charge >= 0.3 is 0 Å². The van der Waals surface area contributed by atoms with Crippen molar-refractivity contribution in [1.29, 1.82) is 0 Å². The first-order valence-electron chi connectivity index (χ1n) is 11.0. The zero-order valence-corrected chi connectivity index (χ0v) is 18.3. The summed E-state index contributed by atoms with van der Waals surface area (Å²) in [6.07, 6.45) is 1.86. The second kappa shape index (κ2) is 7.39. The summed E-state index contributed by atoms with van der Waals surface area (Å²) in [4.78, 5) is 25.8. The molecule has 0 aliphatic carbocycles. The summed E-state index contributed by atoms with van der Waals surface area (Å²) in [6, 6.07) is 11.0. The predicted octanol–water partition coefficient (Wildman–Crippen LogP) is 2.24. The van der Waals surface area contributed by atoms with E-state index in [1.807, 2.05) is 36.5 Å². The topological polar surface area (TPSA) is 100 Å². The number of hydrogen-bond donors (Lipinski definition) is 1. The molecule has 2 fully saturated rings. The number of oxazole rings is 1. The van der Waals surface area contributed by atoms with Gasteiger partial charge in [0.05, 0.1) is 11.9 Å². The summed E-state index contributed by atoms with van der Waals surface area (Å²) < 4.78 is 5.37. The molecule has 5 heterocycles. The average Bonchev–Trinajstić information content (AvgIpc) is 3.14. The summed E-state index contributed by atoms with van der Waals surface area (Å²) >= 11 is 0. The van der Waals surface area contributed by atoms with Gasteiger partial charge in [-0.05, 0) is 44.3 Å². The minimum Gasteiger partial charge on any atom is -0.424 e. The third-order valence-corrected chi connectivity index (χ3v) is 6.79. The van der Waals surface area contributed by atoms with Crippen LogP contribution < -0.4 is 10.6 Å². The van der Waals surface area contributed by atoms with Crippen molar-refractivity contribution in [2.75, 3.05) is 50.4 Å². The normalized spacial score (nSPS) is 20.8. The molecule has 32 heavy (non-hydrogen) atoms. The van der Waals surface area contributed by atoms with Gasteiger partial charge in [0.25, 0.3) is 6.01 Å². The summed E-state index contributed by atoms with van der Waals surface area (Å²) in [7, 11) is 2.21. The highest BCUT2D eigenvalue weighted by molar-refractivity contribution is 5.82. The first-order chi connectivity index (χ1) is 15.5. The number of aromatic nitrogens is 4. The van der Waals surface area contributed by atoms with Crippen LogP contribution in [0.5, 0.6) is 0 Å². The smallest absolute Gasteiger partial charge is 0.292 e. The number of nitrogens with zero attached hydrogens (tertiary/aromatic N) is 7. The standard InChI is InChI=1S/C23H26N8O/c1-14-11-30(8-7-29(14)2)16-12-31(13-16)21-10-25-18-5-4-17(26-22(18)28-21)15-3-6-20-19(9-15)27-23(24)32-20/h3-6,9-10,14,16H,7-8,11-13H2,1-2H3,(H2,24,27)/t14-/m0/s1. The van der Waals surface area contributed by atoms with E-state index in [4.69, 9.17) is 20.1 Å². The summed E-state index contributed by atoms with van der Waals surface area (Å²) in [5.41, 5.74) is 10.2. The molecule has 3 aromatic heterocycles. The van der Waals surface area contributed by atoms with Gasteiger partial charge in [0.2, 0.25) is 0 Å². The van der Waals surface area contributed by atoms with Gasteiger partial charge in [-0.1, -0.05) is 0 Å². The van der Waals surface area contributed by atoms with Crippen LogP contribution in [0.1, 0.15) is 6.92 Å². The summed E-state index contributed by atoms with van der Waals surface area (Å²) in [5.74, 6) is 0.889. The quantitative estimate of drug-likeness (QED) is 0.524. The molecule has 0 saturated carbocycles. The zero-order chi connectivity index (χ0) is 21.8. The highest BCUT2D eigenvalue weighted by Crippen LogP contribution is 2.27. The fourth-order valence-corrected chi connectivity index (χ4v) is 4.59. The van der Waals surface area contributed by atoms with E-state index in [-0.39, 0.29) is 6.01 Å². The van der Waals surface area contributed by atoms with E-state index in [1.165, 1.54) is 0 Å². The fourth-order valence-electron chi connectivity index (χ4n) is 4.59. The number of nitrogens with two attached hydrogens (primary N) is 1. The van der Waals surface area contributed by atoms with Crippen molar-refractivity contribution in [2.45, 2.75) is 19.0 Å². The first kappa shape index (κ1) is 19.4. The maximum atomic E-state index is 5.67. The van der Waals surface area contributed by atoms with Gasteiger partial charge in [-0.2, -0.15) is 4.98 Å². The molecular formula is C23H26N8O. The van der Waals surface area contributed by atoms with Gasteiger partial charge in [0.1, 0.15) is 16.9 Å². The number of rotatable bonds is 3. The van der Waals surface area contributed by atoms with Crippen molar-refractivity contribution in [3.05, 3.63) is 36.5 Å². The zero-order valence-electron chi connectivity index (χ0n) is 18.3. The van der Waals surface area contributed by atoms with Crippen LogP contribution in [0.3, 0.4) is 0 Å². The molecule has 2 N–H and O–H groups in total. The molecule has 2 saturated heterocycles. The Hall–Kier alpha value is -3.30. The molecule has 1 atom stereocenters. The number of piperazine rings is 1. The number of likely N-dealkylation sites (N-methyl/N-ethyl adjacent to an activating group) is 1. The monoisotopic (exact) mass is 430 g/mol. The predicted molar refractivity (Wildman–Crippen MR) is 124 cm³/mol. The lowest BCUT2D eigenvalue weighted by molar-refractivity contribution is 0.0610. The van der Waals surface area contributed by atoms with Crippen molar-refractivity contribution in [3.8, 4) is 11.3 Å². The van der Waals surface area contributed by atoms with Gasteiger partial charge in [0, 0.05) is 50.4 Å². The van der Waals surface area contributed by atoms with Crippen LogP contribution >= 0.6 is 0 Å². The molecule has 0 amide bonds. The van der Waals surface area contributed by atoms with E-state index in [1.54, 1.807) is 0 Å². The lowest BCUT2D eigenvalue weighted by Crippen LogP contribution is -2.64. The van der Waals surface area contributed by atoms with Gasteiger partial charge in [-0.25, -0.2) is 15.0 Å². The molecule has 2 aliphatic heterocycles. The van der Waals surface area contributed by atoms with E-state index < -0.39 is 0 Å². The molecule has 0 unspecified atom stereocenters. The van der Waals surface area contributed by atoms with E-state index in [0.717, 1.165) is 55.3 Å². The number of benzene rings is 1. The van der Waals surface area contributed by atoms with Gasteiger partial charge < -0.3 is 20.0 Å². The minimum absolute atomic E-state index is 0.165. The van der Waals surface area contributed by atoms with Crippen LogP contribution in [-0.4, -0.2) is 81.6 Å². The Balaban J connectivity index is 1.22. The SMILES string of the molecule is C[C@H]1CN(C2CN(c3cnc4ccc(-c5ccc6oc(N)nc6c5)nc4n3)C2)CCN1C. The molecule has 4 aromatic rings. The molecular weight excluding hydrogens is 404 g/mol. The van der Waals surface area contributed by atoms with Crippen LogP contribution in [-0.2, 0) is 0 Å². The number of pyridine rings is 1. The summed E-state index contributed by atoms with van der Waals surface area (Å²) in [6.45, 7) is 7.67. The van der Waals surface area contributed by atoms with Crippen LogP contribution in [0.25, 0.3) is 33.5 Å². The van der Waals surface area contributed by atoms with E-state index >= 15 is 0 Å². The molecule has 9 heteroatoms. The van der Waals surface area contributed by atoms with Crippen molar-refractivity contribution in [2.24, 2.45) is 0 Å². The molecule has 0 spiro atoms. The molecule has 6 rings (SSSR count). The second-order valence-corrected chi connectivity index (χ2v) is 8.89. The number of anilines is 2. The number of hydrogen-bond acceptors (Lipinski definition) is 9. The second-order valence-electron chi connectivity index (χ2n) is 8.89. The number of fused-ring (bicyclic) bond motifs is 2. The minimum atomic E-state index is 0.165. The Bertz CT molecular complexity index is 1300. The maximum Gasteiger partial charge on any atom is 0.292 e. The molecule has 164 valence electrons. The first-order valence-corrected chi connectivity index (χ1v) is 11.0. The van der Waals surface area contributed by atoms with E-state index in [0.29, 0.717) is 28.8 Å². The molecule has 0 bridgehead atoms. The largest absolute Gasteiger partial charge is 0.424 e. The third-order valence-electron chi connectivity index (χ3n) is 6.79. The van der Waals surface area contributed by atoms with Crippen molar-refractivity contribution in [1.82, 2.24) is 29.7 Å². The highest BCUT2D eigenvalue weighted by Gasteiger charge is 2.35. The van der Waals surface area contributed by atoms with Crippen LogP contribution in [0.15, 0.2) is 40.9 Å². The Kier molecular flexibility index (Phi) is 4.48. The average molecular weight is 431 g/mol. The Morgan fingerprint density at radius 1 is 1.00 bits per heavy atom. The lowest BCUT2D eigenvalue weighted by Gasteiger charge is -2.49. The van der Waals surface area contributed by atoms with E-state index in [2.05, 4.69) is 38.6 Å².